The Balaban J connectivity index is 2.12. The van der Waals surface area contributed by atoms with Gasteiger partial charge in [0, 0.05) is 11.8 Å². The first kappa shape index (κ1) is 13.7. The highest BCUT2D eigenvalue weighted by Gasteiger charge is 2.29. The van der Waals surface area contributed by atoms with Crippen LogP contribution in [0.1, 0.15) is 38.7 Å². The minimum absolute atomic E-state index is 0.0441. The summed E-state index contributed by atoms with van der Waals surface area (Å²) in [6.45, 7) is 3.84. The van der Waals surface area contributed by atoms with Crippen LogP contribution in [0.5, 0.6) is 0 Å². The highest BCUT2D eigenvalue weighted by Crippen LogP contribution is 2.33. The second-order valence-corrected chi connectivity index (χ2v) is 5.06. The van der Waals surface area contributed by atoms with E-state index in [2.05, 4.69) is 10.5 Å². The van der Waals surface area contributed by atoms with E-state index in [0.29, 0.717) is 5.92 Å². The van der Waals surface area contributed by atoms with Gasteiger partial charge in [0.25, 0.3) is 0 Å². The van der Waals surface area contributed by atoms with Crippen molar-refractivity contribution >= 4 is 11.6 Å². The Kier molecular flexibility index (Phi) is 4.30. The molecule has 2 rings (SSSR count). The third-order valence-corrected chi connectivity index (χ3v) is 3.45. The Hall–Kier alpha value is -1.71. The van der Waals surface area contributed by atoms with E-state index in [-0.39, 0.29) is 17.6 Å². The molecule has 1 aliphatic carbocycles. The summed E-state index contributed by atoms with van der Waals surface area (Å²) in [5, 5.41) is 4.25. The molecule has 0 aromatic heterocycles. The number of benzene rings is 1. The van der Waals surface area contributed by atoms with Crippen LogP contribution in [0.4, 0.5) is 4.39 Å². The zero-order valence-corrected chi connectivity index (χ0v) is 11.3. The number of halogens is 1. The molecule has 0 bridgehead atoms. The topological polar surface area (TPSA) is 41.5 Å². The van der Waals surface area contributed by atoms with Gasteiger partial charge in [-0.15, -0.1) is 0 Å². The van der Waals surface area contributed by atoms with Crippen LogP contribution in [-0.2, 0) is 4.79 Å². The highest BCUT2D eigenvalue weighted by molar-refractivity contribution is 6.04. The molecule has 1 amide bonds. The molecule has 1 aromatic carbocycles. The van der Waals surface area contributed by atoms with Crippen LogP contribution in [0.2, 0.25) is 0 Å². The van der Waals surface area contributed by atoms with Crippen molar-refractivity contribution < 1.29 is 9.18 Å². The van der Waals surface area contributed by atoms with E-state index in [1.807, 2.05) is 13.8 Å². The fourth-order valence-corrected chi connectivity index (χ4v) is 1.78. The number of rotatable bonds is 5. The Labute approximate surface area is 112 Å². The molecule has 0 aliphatic heterocycles. The molecule has 0 spiro atoms. The van der Waals surface area contributed by atoms with Crippen LogP contribution in [0, 0.1) is 17.7 Å². The lowest BCUT2D eigenvalue weighted by Crippen LogP contribution is -2.26. The Morgan fingerprint density at radius 1 is 1.42 bits per heavy atom. The van der Waals surface area contributed by atoms with Gasteiger partial charge in [-0.05, 0) is 37.0 Å². The summed E-state index contributed by atoms with van der Waals surface area (Å²) >= 11 is 0. The number of hydrogen-bond donors (Lipinski definition) is 1. The van der Waals surface area contributed by atoms with Gasteiger partial charge >= 0.3 is 0 Å². The predicted molar refractivity (Wildman–Crippen MR) is 73.3 cm³/mol. The van der Waals surface area contributed by atoms with E-state index in [4.69, 9.17) is 0 Å². The van der Waals surface area contributed by atoms with Crippen LogP contribution < -0.4 is 5.43 Å². The molecule has 19 heavy (non-hydrogen) atoms. The minimum Gasteiger partial charge on any atom is -0.273 e. The highest BCUT2D eigenvalue weighted by atomic mass is 19.1. The third kappa shape index (κ3) is 3.63. The number of nitrogens with one attached hydrogen (secondary N) is 1. The molecule has 102 valence electrons. The molecule has 1 saturated carbocycles. The molecular weight excluding hydrogens is 243 g/mol. The van der Waals surface area contributed by atoms with E-state index in [9.17, 15) is 9.18 Å². The number of carbonyl (C=O) groups is 1. The molecule has 1 atom stereocenters. The van der Waals surface area contributed by atoms with Crippen LogP contribution >= 0.6 is 0 Å². The van der Waals surface area contributed by atoms with Crippen molar-refractivity contribution in [2.45, 2.75) is 33.1 Å². The van der Waals surface area contributed by atoms with Crippen molar-refractivity contribution in [3.63, 3.8) is 0 Å². The van der Waals surface area contributed by atoms with Crippen molar-refractivity contribution in [1.29, 1.82) is 0 Å². The summed E-state index contributed by atoms with van der Waals surface area (Å²) < 4.78 is 12.9. The first-order valence-corrected chi connectivity index (χ1v) is 6.75. The fraction of sp³-hybridized carbons (Fsp3) is 0.467. The second kappa shape index (κ2) is 5.95. The van der Waals surface area contributed by atoms with E-state index in [1.54, 1.807) is 12.1 Å². The maximum Gasteiger partial charge on any atom is 0.242 e. The lowest BCUT2D eigenvalue weighted by Gasteiger charge is -2.09. The molecule has 1 unspecified atom stereocenters. The van der Waals surface area contributed by atoms with Gasteiger partial charge in [0.2, 0.25) is 5.91 Å². The summed E-state index contributed by atoms with van der Waals surface area (Å²) in [7, 11) is 0. The SMILES string of the molecule is CCC(C)C(=O)NN=C(c1ccc(F)cc1)C1CC1. The molecule has 3 nitrogen and oxygen atoms in total. The first-order valence-electron chi connectivity index (χ1n) is 6.75. The summed E-state index contributed by atoms with van der Waals surface area (Å²) in [5.74, 6) is 0.0189. The minimum atomic E-state index is -0.262. The number of amides is 1. The number of nitrogens with zero attached hydrogens (tertiary/aromatic N) is 1. The van der Waals surface area contributed by atoms with E-state index in [1.165, 1.54) is 12.1 Å². The Morgan fingerprint density at radius 2 is 2.05 bits per heavy atom. The molecule has 1 aliphatic rings. The number of hydrazone groups is 1. The first-order chi connectivity index (χ1) is 9.11. The summed E-state index contributed by atoms with van der Waals surface area (Å²) in [5.41, 5.74) is 4.36. The lowest BCUT2D eigenvalue weighted by atomic mass is 10.1. The number of hydrogen-bond acceptors (Lipinski definition) is 2. The third-order valence-electron chi connectivity index (χ3n) is 3.45. The second-order valence-electron chi connectivity index (χ2n) is 5.06. The van der Waals surface area contributed by atoms with Crippen LogP contribution in [0.25, 0.3) is 0 Å². The van der Waals surface area contributed by atoms with Crippen LogP contribution in [-0.4, -0.2) is 11.6 Å². The van der Waals surface area contributed by atoms with E-state index in [0.717, 1.165) is 30.5 Å². The van der Waals surface area contributed by atoms with Crippen molar-refractivity contribution in [2.24, 2.45) is 16.9 Å². The van der Waals surface area contributed by atoms with Crippen molar-refractivity contribution in [2.75, 3.05) is 0 Å². The van der Waals surface area contributed by atoms with Gasteiger partial charge in [-0.1, -0.05) is 26.0 Å². The van der Waals surface area contributed by atoms with Gasteiger partial charge in [-0.2, -0.15) is 5.10 Å². The maximum absolute atomic E-state index is 12.9. The molecule has 1 aromatic rings. The molecule has 0 radical (unpaired) electrons. The Bertz CT molecular complexity index is 477. The molecule has 1 fully saturated rings. The molecule has 1 N–H and O–H groups in total. The molecule has 0 saturated heterocycles. The van der Waals surface area contributed by atoms with Gasteiger partial charge < -0.3 is 0 Å². The maximum atomic E-state index is 12.9. The lowest BCUT2D eigenvalue weighted by molar-refractivity contribution is -0.124. The van der Waals surface area contributed by atoms with Crippen LogP contribution in [0.15, 0.2) is 29.4 Å². The van der Waals surface area contributed by atoms with Crippen LogP contribution in [0.3, 0.4) is 0 Å². The van der Waals surface area contributed by atoms with Crippen molar-refractivity contribution in [3.05, 3.63) is 35.6 Å². The molecule has 4 heteroatoms. The average molecular weight is 262 g/mol. The number of carbonyl (C=O) groups excluding carboxylic acids is 1. The predicted octanol–water partition coefficient (Wildman–Crippen LogP) is 3.10. The van der Waals surface area contributed by atoms with Gasteiger partial charge in [-0.3, -0.25) is 4.79 Å². The summed E-state index contributed by atoms with van der Waals surface area (Å²) in [4.78, 5) is 11.7. The van der Waals surface area contributed by atoms with E-state index >= 15 is 0 Å². The summed E-state index contributed by atoms with van der Waals surface area (Å²) in [6, 6.07) is 6.26. The zero-order valence-electron chi connectivity index (χ0n) is 11.3. The Morgan fingerprint density at radius 3 is 2.58 bits per heavy atom. The molecule has 0 heterocycles. The van der Waals surface area contributed by atoms with Gasteiger partial charge in [0.15, 0.2) is 0 Å². The standard InChI is InChI=1S/C15H19FN2O/c1-3-10(2)15(19)18-17-14(11-4-5-11)12-6-8-13(16)9-7-12/h6-11H,3-5H2,1-2H3,(H,18,19). The monoisotopic (exact) mass is 262 g/mol. The normalized spacial score (nSPS) is 17.1. The zero-order chi connectivity index (χ0) is 13.8. The summed E-state index contributed by atoms with van der Waals surface area (Å²) in [6.07, 6.45) is 2.95. The van der Waals surface area contributed by atoms with Crippen molar-refractivity contribution in [1.82, 2.24) is 5.43 Å². The smallest absolute Gasteiger partial charge is 0.242 e. The quantitative estimate of drug-likeness (QED) is 0.643. The van der Waals surface area contributed by atoms with E-state index < -0.39 is 0 Å². The largest absolute Gasteiger partial charge is 0.273 e. The van der Waals surface area contributed by atoms with Crippen molar-refractivity contribution in [3.8, 4) is 0 Å². The van der Waals surface area contributed by atoms with Gasteiger partial charge in [-0.25, -0.2) is 9.82 Å². The van der Waals surface area contributed by atoms with Gasteiger partial charge in [0.05, 0.1) is 5.71 Å². The fourth-order valence-electron chi connectivity index (χ4n) is 1.78. The van der Waals surface area contributed by atoms with Gasteiger partial charge in [0.1, 0.15) is 5.82 Å². The average Bonchev–Trinajstić information content (AvgIpc) is 3.24. The molecular formula is C15H19FN2O.